The average molecular weight is 194 g/mol. The van der Waals surface area contributed by atoms with Crippen LogP contribution in [0.25, 0.3) is 0 Å². The van der Waals surface area contributed by atoms with Gasteiger partial charge < -0.3 is 4.74 Å². The smallest absolute Gasteiger partial charge is 0.0738 e. The Balaban J connectivity index is 2.96. The fraction of sp³-hybridized carbons (Fsp3) is 0.692. The average Bonchev–Trinajstić information content (AvgIpc) is 2.28. The zero-order chi connectivity index (χ0) is 10.7. The van der Waals surface area contributed by atoms with E-state index in [2.05, 4.69) is 27.7 Å². The molecule has 1 rings (SSSR count). The van der Waals surface area contributed by atoms with E-state index in [9.17, 15) is 0 Å². The zero-order valence-electron chi connectivity index (χ0n) is 9.19. The van der Waals surface area contributed by atoms with Gasteiger partial charge in [0.05, 0.1) is 5.60 Å². The molecule has 1 fully saturated rings. The molecule has 1 heteroatoms. The van der Waals surface area contributed by atoms with Gasteiger partial charge in [-0.2, -0.15) is 0 Å². The summed E-state index contributed by atoms with van der Waals surface area (Å²) in [6.45, 7) is 17.0. The lowest BCUT2D eigenvalue weighted by Crippen LogP contribution is -2.52. The van der Waals surface area contributed by atoms with E-state index in [0.717, 1.165) is 45.1 Å². The Morgan fingerprint density at radius 3 is 1.86 bits per heavy atom. The lowest BCUT2D eigenvalue weighted by molar-refractivity contribution is -0.168. The second-order valence-electron chi connectivity index (χ2n) is 4.23. The van der Waals surface area contributed by atoms with Crippen molar-refractivity contribution in [3.63, 3.8) is 0 Å². The first-order valence-corrected chi connectivity index (χ1v) is 5.51. The molecule has 0 amide bonds. The molecule has 80 valence electrons. The first-order chi connectivity index (χ1) is 6.70. The van der Waals surface area contributed by atoms with Gasteiger partial charge >= 0.3 is 0 Å². The summed E-state index contributed by atoms with van der Waals surface area (Å²) in [6.07, 6.45) is 5.59. The molecule has 0 aliphatic carbocycles. The Kier molecular flexibility index (Phi) is 4.00. The third-order valence-corrected chi connectivity index (χ3v) is 3.91. The maximum atomic E-state index is 5.96. The second-order valence-corrected chi connectivity index (χ2v) is 4.23. The van der Waals surface area contributed by atoms with E-state index in [-0.39, 0.29) is 11.0 Å². The fourth-order valence-corrected chi connectivity index (χ4v) is 2.69. The van der Waals surface area contributed by atoms with Crippen LogP contribution in [0.15, 0.2) is 0 Å². The molecule has 1 heterocycles. The van der Waals surface area contributed by atoms with Gasteiger partial charge in [-0.25, -0.2) is 0 Å². The van der Waals surface area contributed by atoms with Crippen LogP contribution in [-0.4, -0.2) is 12.2 Å². The zero-order valence-corrected chi connectivity index (χ0v) is 9.19. The highest BCUT2D eigenvalue weighted by Gasteiger charge is 2.49. The Bertz CT molecular complexity index is 146. The molecule has 1 saturated heterocycles. The molecule has 0 aromatic rings. The first kappa shape index (κ1) is 12.0. The van der Waals surface area contributed by atoms with Gasteiger partial charge in [-0.3, -0.25) is 0 Å². The van der Waals surface area contributed by atoms with Crippen molar-refractivity contribution < 1.29 is 4.74 Å². The van der Waals surface area contributed by atoms with Crippen molar-refractivity contribution in [1.29, 1.82) is 0 Å². The highest BCUT2D eigenvalue weighted by Crippen LogP contribution is 2.50. The van der Waals surface area contributed by atoms with Crippen molar-refractivity contribution in [1.82, 2.24) is 0 Å². The van der Waals surface area contributed by atoms with Crippen LogP contribution in [-0.2, 0) is 4.74 Å². The normalized spacial score (nSPS) is 24.9. The molecule has 1 aliphatic heterocycles. The summed E-state index contributed by atoms with van der Waals surface area (Å²) < 4.78 is 5.96. The summed E-state index contributed by atoms with van der Waals surface area (Å²) in [5.74, 6) is 0. The number of rotatable bonds is 4. The molecule has 0 aromatic carbocycles. The molecule has 0 bridgehead atoms. The first-order valence-electron chi connectivity index (χ1n) is 5.51. The van der Waals surface area contributed by atoms with Gasteiger partial charge in [-0.15, -0.1) is 0 Å². The van der Waals surface area contributed by atoms with Crippen LogP contribution in [0.1, 0.15) is 38.5 Å². The SMILES string of the molecule is [CH2]CC1(C[CH2])CCCOC1(C[CH2])C[CH2]. The molecule has 0 aromatic heterocycles. The summed E-state index contributed by atoms with van der Waals surface area (Å²) in [5, 5.41) is 0. The third kappa shape index (κ3) is 1.60. The van der Waals surface area contributed by atoms with Gasteiger partial charge in [-0.1, -0.05) is 27.7 Å². The lowest BCUT2D eigenvalue weighted by Gasteiger charge is -2.52. The maximum Gasteiger partial charge on any atom is 0.0738 e. The Morgan fingerprint density at radius 1 is 0.929 bits per heavy atom. The van der Waals surface area contributed by atoms with Crippen molar-refractivity contribution >= 4 is 0 Å². The summed E-state index contributed by atoms with van der Waals surface area (Å²) in [7, 11) is 0. The number of hydrogen-bond donors (Lipinski definition) is 0. The van der Waals surface area contributed by atoms with Crippen LogP contribution in [0.3, 0.4) is 0 Å². The van der Waals surface area contributed by atoms with Crippen LogP contribution in [0.5, 0.6) is 0 Å². The van der Waals surface area contributed by atoms with Crippen LogP contribution >= 0.6 is 0 Å². The van der Waals surface area contributed by atoms with E-state index in [1.54, 1.807) is 0 Å². The van der Waals surface area contributed by atoms with Gasteiger partial charge in [0.25, 0.3) is 0 Å². The topological polar surface area (TPSA) is 9.23 Å². The summed E-state index contributed by atoms with van der Waals surface area (Å²) >= 11 is 0. The van der Waals surface area contributed by atoms with E-state index in [0.29, 0.717) is 0 Å². The highest BCUT2D eigenvalue weighted by atomic mass is 16.5. The Morgan fingerprint density at radius 2 is 1.50 bits per heavy atom. The minimum Gasteiger partial charge on any atom is -0.374 e. The molecule has 1 nitrogen and oxygen atoms in total. The van der Waals surface area contributed by atoms with E-state index in [4.69, 9.17) is 4.74 Å². The number of ether oxygens (including phenoxy) is 1. The molecule has 14 heavy (non-hydrogen) atoms. The predicted octanol–water partition coefficient (Wildman–Crippen LogP) is 3.42. The van der Waals surface area contributed by atoms with Gasteiger partial charge in [-0.05, 0) is 43.9 Å². The van der Waals surface area contributed by atoms with Crippen molar-refractivity contribution in [2.45, 2.75) is 44.1 Å². The molecule has 1 aliphatic rings. The van der Waals surface area contributed by atoms with E-state index in [1.165, 1.54) is 0 Å². The standard InChI is InChI=1S/C13H22O/c1-5-12(6-2)10-9-11-14-13(12,7-3)8-4/h1-11H2. The molecule has 0 atom stereocenters. The highest BCUT2D eigenvalue weighted by molar-refractivity contribution is 5.03. The maximum absolute atomic E-state index is 5.96. The largest absolute Gasteiger partial charge is 0.374 e. The van der Waals surface area contributed by atoms with Gasteiger partial charge in [0, 0.05) is 6.61 Å². The van der Waals surface area contributed by atoms with Crippen molar-refractivity contribution in [3.8, 4) is 0 Å². The summed E-state index contributed by atoms with van der Waals surface area (Å²) in [5.41, 5.74) is -0.0660. The predicted molar refractivity (Wildman–Crippen MR) is 60.2 cm³/mol. The van der Waals surface area contributed by atoms with E-state index >= 15 is 0 Å². The van der Waals surface area contributed by atoms with Gasteiger partial charge in [0.15, 0.2) is 0 Å². The molecule has 0 N–H and O–H groups in total. The molecule has 0 spiro atoms. The van der Waals surface area contributed by atoms with E-state index < -0.39 is 0 Å². The summed E-state index contributed by atoms with van der Waals surface area (Å²) in [4.78, 5) is 0. The molecule has 0 unspecified atom stereocenters. The molecule has 4 radical (unpaired) electrons. The lowest BCUT2D eigenvalue weighted by atomic mass is 9.62. The quantitative estimate of drug-likeness (QED) is 0.666. The van der Waals surface area contributed by atoms with Crippen LogP contribution in [0.2, 0.25) is 0 Å². The second kappa shape index (κ2) is 4.65. The minimum atomic E-state index is -0.172. The number of hydrogen-bond acceptors (Lipinski definition) is 1. The van der Waals surface area contributed by atoms with Crippen LogP contribution in [0.4, 0.5) is 0 Å². The van der Waals surface area contributed by atoms with Crippen molar-refractivity contribution in [2.75, 3.05) is 6.61 Å². The molecular weight excluding hydrogens is 172 g/mol. The van der Waals surface area contributed by atoms with Crippen molar-refractivity contribution in [2.24, 2.45) is 5.41 Å². The Hall–Kier alpha value is -0.0400. The third-order valence-electron chi connectivity index (χ3n) is 3.91. The monoisotopic (exact) mass is 194 g/mol. The van der Waals surface area contributed by atoms with Gasteiger partial charge in [0.2, 0.25) is 0 Å². The summed E-state index contributed by atoms with van der Waals surface area (Å²) in [6, 6.07) is 0. The molecule has 0 saturated carbocycles. The minimum absolute atomic E-state index is 0.106. The van der Waals surface area contributed by atoms with Crippen LogP contribution < -0.4 is 0 Å². The molecular formula is C13H22O. The fourth-order valence-electron chi connectivity index (χ4n) is 2.69. The van der Waals surface area contributed by atoms with Crippen molar-refractivity contribution in [3.05, 3.63) is 27.7 Å². The van der Waals surface area contributed by atoms with Crippen LogP contribution in [0, 0.1) is 33.1 Å². The Labute approximate surface area is 89.2 Å². The van der Waals surface area contributed by atoms with E-state index in [1.807, 2.05) is 0 Å². The van der Waals surface area contributed by atoms with Gasteiger partial charge in [0.1, 0.15) is 0 Å².